The third kappa shape index (κ3) is 7.50. The molecule has 1 unspecified atom stereocenters. The van der Waals surface area contributed by atoms with E-state index in [1.807, 2.05) is 44.2 Å². The van der Waals surface area contributed by atoms with E-state index >= 15 is 0 Å². The first-order chi connectivity index (χ1) is 26.6. The van der Waals surface area contributed by atoms with Gasteiger partial charge in [-0.05, 0) is 89.5 Å². The molecule has 3 saturated heterocycles. The van der Waals surface area contributed by atoms with Gasteiger partial charge in [-0.15, -0.1) is 0 Å². The average Bonchev–Trinajstić information content (AvgIpc) is 3.71. The quantitative estimate of drug-likeness (QED) is 0.171. The molecule has 0 radical (unpaired) electrons. The van der Waals surface area contributed by atoms with Crippen LogP contribution in [0.15, 0.2) is 48.8 Å². The third-order valence-corrected chi connectivity index (χ3v) is 11.2. The van der Waals surface area contributed by atoms with Crippen LogP contribution in [0.25, 0.3) is 22.3 Å². The minimum Gasteiger partial charge on any atom is -0.491 e. The second-order valence-electron chi connectivity index (χ2n) is 15.3. The van der Waals surface area contributed by atoms with Crippen molar-refractivity contribution in [3.63, 3.8) is 0 Å². The number of unbranched alkanes of at least 4 members (excludes halogenated alkanes) is 1. The Bertz CT molecular complexity index is 2110. The number of hydrogen-bond acceptors (Lipinski definition) is 12. The predicted molar refractivity (Wildman–Crippen MR) is 207 cm³/mol. The van der Waals surface area contributed by atoms with E-state index in [9.17, 15) is 19.2 Å². The van der Waals surface area contributed by atoms with Crippen LogP contribution in [-0.4, -0.2) is 136 Å². The van der Waals surface area contributed by atoms with Crippen LogP contribution in [0, 0.1) is 0 Å². The number of imide groups is 2. The zero-order chi connectivity index (χ0) is 38.2. The van der Waals surface area contributed by atoms with Crippen LogP contribution in [0.5, 0.6) is 5.75 Å². The summed E-state index contributed by atoms with van der Waals surface area (Å²) >= 11 is 0. The van der Waals surface area contributed by atoms with Gasteiger partial charge in [0.2, 0.25) is 11.8 Å². The monoisotopic (exact) mass is 748 g/mol. The molecule has 4 aliphatic heterocycles. The minimum absolute atomic E-state index is 0.0839. The van der Waals surface area contributed by atoms with E-state index in [1.165, 1.54) is 0 Å². The summed E-state index contributed by atoms with van der Waals surface area (Å²) in [6.45, 7) is 14.7. The predicted octanol–water partition coefficient (Wildman–Crippen LogP) is 3.32. The van der Waals surface area contributed by atoms with Gasteiger partial charge in [0.1, 0.15) is 29.6 Å². The summed E-state index contributed by atoms with van der Waals surface area (Å²) in [7, 11) is 0. The molecular formula is C40H48N10O5. The number of aromatic amines is 1. The molecule has 2 aromatic carbocycles. The first-order valence-electron chi connectivity index (χ1n) is 19.4. The van der Waals surface area contributed by atoms with E-state index in [2.05, 4.69) is 52.0 Å². The van der Waals surface area contributed by atoms with Gasteiger partial charge in [-0.1, -0.05) is 0 Å². The number of carbonyl (C=O) groups is 4. The maximum absolute atomic E-state index is 13.3. The van der Waals surface area contributed by atoms with Crippen molar-refractivity contribution in [2.45, 2.75) is 64.6 Å². The van der Waals surface area contributed by atoms with Crippen molar-refractivity contribution in [2.75, 3.05) is 68.7 Å². The van der Waals surface area contributed by atoms with Crippen LogP contribution in [-0.2, 0) is 9.59 Å². The van der Waals surface area contributed by atoms with Crippen LogP contribution in [0.1, 0.15) is 67.2 Å². The SMILES string of the molecule is CC(C)Oc1ccc2[nH]nc(-c3cc(N4CCN(CCCCN5CCN(c6ccc7c(c6)C(=O)N(C6CCC(=O)NC6=O)C7=O)CC5)[C@@H](C)C4)ncn3)c2c1. The molecule has 4 aliphatic rings. The Labute approximate surface area is 320 Å². The van der Waals surface area contributed by atoms with Gasteiger partial charge < -0.3 is 14.5 Å². The van der Waals surface area contributed by atoms with Gasteiger partial charge in [0.15, 0.2) is 0 Å². The van der Waals surface area contributed by atoms with Gasteiger partial charge in [0.05, 0.1) is 28.4 Å². The topological polar surface area (TPSA) is 160 Å². The molecule has 8 rings (SSSR count). The number of rotatable bonds is 11. The summed E-state index contributed by atoms with van der Waals surface area (Å²) < 4.78 is 5.92. The first kappa shape index (κ1) is 36.6. The lowest BCUT2D eigenvalue weighted by molar-refractivity contribution is -0.136. The number of nitrogens with one attached hydrogen (secondary N) is 2. The molecule has 4 amide bonds. The lowest BCUT2D eigenvalue weighted by atomic mass is 10.0. The molecule has 0 saturated carbocycles. The van der Waals surface area contributed by atoms with Crippen molar-refractivity contribution < 1.29 is 23.9 Å². The third-order valence-electron chi connectivity index (χ3n) is 11.2. The van der Waals surface area contributed by atoms with E-state index in [-0.39, 0.29) is 24.9 Å². The Morgan fingerprint density at radius 3 is 2.42 bits per heavy atom. The average molecular weight is 749 g/mol. The molecule has 55 heavy (non-hydrogen) atoms. The van der Waals surface area contributed by atoms with Crippen molar-refractivity contribution in [3.05, 3.63) is 59.9 Å². The van der Waals surface area contributed by atoms with E-state index in [4.69, 9.17) is 4.74 Å². The van der Waals surface area contributed by atoms with Crippen molar-refractivity contribution in [1.29, 1.82) is 0 Å². The molecule has 6 heterocycles. The molecule has 4 aromatic rings. The Kier molecular flexibility index (Phi) is 10.2. The summed E-state index contributed by atoms with van der Waals surface area (Å²) in [6.07, 6.45) is 4.21. The number of hydrogen-bond donors (Lipinski definition) is 2. The molecular weight excluding hydrogens is 701 g/mol. The van der Waals surface area contributed by atoms with Gasteiger partial charge in [-0.25, -0.2) is 9.97 Å². The smallest absolute Gasteiger partial charge is 0.262 e. The summed E-state index contributed by atoms with van der Waals surface area (Å²) in [5, 5.41) is 10.9. The Morgan fingerprint density at radius 2 is 1.64 bits per heavy atom. The summed E-state index contributed by atoms with van der Waals surface area (Å²) in [5.74, 6) is -0.212. The normalized spacial score (nSPS) is 21.2. The van der Waals surface area contributed by atoms with Crippen molar-refractivity contribution in [3.8, 4) is 17.1 Å². The minimum atomic E-state index is -0.960. The molecule has 0 bridgehead atoms. The number of H-pyrrole nitrogens is 1. The fourth-order valence-corrected chi connectivity index (χ4v) is 8.25. The van der Waals surface area contributed by atoms with Crippen LogP contribution in [0.2, 0.25) is 0 Å². The number of aromatic nitrogens is 4. The van der Waals surface area contributed by atoms with E-state index in [0.29, 0.717) is 17.2 Å². The molecule has 2 atom stereocenters. The van der Waals surface area contributed by atoms with E-state index < -0.39 is 23.8 Å². The number of carbonyl (C=O) groups excluding carboxylic acids is 4. The zero-order valence-corrected chi connectivity index (χ0v) is 31.7. The largest absolute Gasteiger partial charge is 0.491 e. The van der Waals surface area contributed by atoms with Crippen LogP contribution in [0.3, 0.4) is 0 Å². The summed E-state index contributed by atoms with van der Waals surface area (Å²) in [5.41, 5.74) is 4.04. The Hall–Kier alpha value is -5.41. The van der Waals surface area contributed by atoms with E-state index in [1.54, 1.807) is 18.5 Å². The number of ether oxygens (including phenoxy) is 1. The number of nitrogens with zero attached hydrogens (tertiary/aromatic N) is 8. The highest BCUT2D eigenvalue weighted by Crippen LogP contribution is 2.32. The van der Waals surface area contributed by atoms with E-state index in [0.717, 1.165) is 116 Å². The second kappa shape index (κ2) is 15.4. The lowest BCUT2D eigenvalue weighted by Crippen LogP contribution is -2.54. The highest BCUT2D eigenvalue weighted by atomic mass is 16.5. The highest BCUT2D eigenvalue weighted by molar-refractivity contribution is 6.23. The molecule has 0 spiro atoms. The first-order valence-corrected chi connectivity index (χ1v) is 19.4. The highest BCUT2D eigenvalue weighted by Gasteiger charge is 2.44. The van der Waals surface area contributed by atoms with Crippen molar-refractivity contribution in [2.24, 2.45) is 0 Å². The van der Waals surface area contributed by atoms with Gasteiger partial charge in [-0.3, -0.25) is 44.3 Å². The Balaban J connectivity index is 0.787. The fraction of sp³-hybridized carbons (Fsp3) is 0.475. The molecule has 15 nitrogen and oxygen atoms in total. The number of fused-ring (bicyclic) bond motifs is 2. The maximum atomic E-state index is 13.3. The number of piperidine rings is 1. The van der Waals surface area contributed by atoms with Gasteiger partial charge in [0.25, 0.3) is 11.8 Å². The Morgan fingerprint density at radius 1 is 0.855 bits per heavy atom. The maximum Gasteiger partial charge on any atom is 0.262 e. The van der Waals surface area contributed by atoms with Crippen molar-refractivity contribution in [1.82, 2.24) is 40.2 Å². The molecule has 3 fully saturated rings. The number of anilines is 2. The van der Waals surface area contributed by atoms with Gasteiger partial charge >= 0.3 is 0 Å². The van der Waals surface area contributed by atoms with Crippen LogP contribution >= 0.6 is 0 Å². The van der Waals surface area contributed by atoms with Crippen molar-refractivity contribution >= 4 is 46.0 Å². The molecule has 2 N–H and O–H groups in total. The molecule has 288 valence electrons. The molecule has 2 aromatic heterocycles. The standard InChI is InChI=1S/C40H48N10O5/c1-25(2)55-28-7-9-32-31(21-28)37(45-44-32)33-22-35(42-24-41-33)49-19-18-47(26(3)23-49)13-5-4-12-46-14-16-48(17-15-46)27-6-8-29-30(20-27)40(54)50(39(29)53)34-10-11-36(51)43-38(34)52/h6-9,20-22,24-26,34H,4-5,10-19,23H2,1-3H3,(H,44,45)(H,43,51,52)/t26-,34?/m0/s1. The fourth-order valence-electron chi connectivity index (χ4n) is 8.25. The van der Waals surface area contributed by atoms with Gasteiger partial charge in [0, 0.05) is 75.4 Å². The van der Waals surface area contributed by atoms with Crippen LogP contribution < -0.4 is 19.9 Å². The van der Waals surface area contributed by atoms with Crippen LogP contribution in [0.4, 0.5) is 11.5 Å². The molecule has 15 heteroatoms. The number of benzene rings is 2. The molecule has 0 aliphatic carbocycles. The zero-order valence-electron chi connectivity index (χ0n) is 31.7. The lowest BCUT2D eigenvalue weighted by Gasteiger charge is -2.40. The second-order valence-corrected chi connectivity index (χ2v) is 15.3. The summed E-state index contributed by atoms with van der Waals surface area (Å²) in [6, 6.07) is 12.8. The number of amides is 4. The number of piperazine rings is 2. The summed E-state index contributed by atoms with van der Waals surface area (Å²) in [4.78, 5) is 70.3. The van der Waals surface area contributed by atoms with Gasteiger partial charge in [-0.2, -0.15) is 5.10 Å².